The molecule has 2 aliphatic heterocycles. The van der Waals surface area contributed by atoms with E-state index >= 15 is 0 Å². The maximum atomic E-state index is 12.8. The van der Waals surface area contributed by atoms with Gasteiger partial charge in [-0.25, -0.2) is 0 Å². The van der Waals surface area contributed by atoms with E-state index in [0.717, 1.165) is 0 Å². The summed E-state index contributed by atoms with van der Waals surface area (Å²) in [6.07, 6.45) is 0. The molecule has 0 N–H and O–H groups in total. The van der Waals surface area contributed by atoms with Gasteiger partial charge in [-0.15, -0.1) is 0 Å². The Kier molecular flexibility index (Phi) is 8.04. The van der Waals surface area contributed by atoms with Crippen molar-refractivity contribution in [2.45, 2.75) is 77.5 Å². The minimum atomic E-state index is -0.790. The van der Waals surface area contributed by atoms with Crippen LogP contribution in [0.1, 0.15) is 55.4 Å². The largest absolute Gasteiger partial charge is 0.377 e. The summed E-state index contributed by atoms with van der Waals surface area (Å²) >= 11 is 0. The lowest BCUT2D eigenvalue weighted by atomic mass is 9.87. The summed E-state index contributed by atoms with van der Waals surface area (Å²) in [5.74, 6) is -0.976. The lowest BCUT2D eigenvalue weighted by Crippen LogP contribution is -2.72. The molecular weight excluding hydrogens is 440 g/mol. The summed E-state index contributed by atoms with van der Waals surface area (Å²) in [6, 6.07) is 0. The van der Waals surface area contributed by atoms with Crippen LogP contribution in [0.4, 0.5) is 0 Å². The fourth-order valence-corrected chi connectivity index (χ4v) is 4.52. The minimum absolute atomic E-state index is 0.173. The number of ether oxygens (including phenoxy) is 2. The van der Waals surface area contributed by atoms with Gasteiger partial charge in [0.05, 0.1) is 61.7 Å². The van der Waals surface area contributed by atoms with Crippen LogP contribution in [0.25, 0.3) is 0 Å². The van der Waals surface area contributed by atoms with E-state index in [1.54, 1.807) is 23.9 Å². The van der Waals surface area contributed by atoms with Crippen molar-refractivity contribution in [3.63, 3.8) is 0 Å². The van der Waals surface area contributed by atoms with Crippen LogP contribution in [0.3, 0.4) is 0 Å². The first-order valence-electron chi connectivity index (χ1n) is 11.8. The standard InChI is InChI=1S/C24H42N4O6/c1-21(2)17(29)27(18(30)22(3,4)25(21)9)11-13-33-15-16-34-14-12-28-19(31)23(5,6)26(10)24(7,8)20(28)32/h11-16H2,1-10H3. The molecule has 194 valence electrons. The Morgan fingerprint density at radius 2 is 0.735 bits per heavy atom. The molecule has 0 saturated carbocycles. The third-order valence-corrected chi connectivity index (χ3v) is 7.72. The third-order valence-electron chi connectivity index (χ3n) is 7.72. The maximum absolute atomic E-state index is 12.8. The Labute approximate surface area is 203 Å². The summed E-state index contributed by atoms with van der Waals surface area (Å²) < 4.78 is 11.1. The van der Waals surface area contributed by atoms with E-state index in [0.29, 0.717) is 0 Å². The van der Waals surface area contributed by atoms with E-state index in [-0.39, 0.29) is 63.1 Å². The van der Waals surface area contributed by atoms with Crippen LogP contribution in [-0.4, -0.2) is 119 Å². The Morgan fingerprint density at radius 1 is 0.500 bits per heavy atom. The van der Waals surface area contributed by atoms with E-state index in [9.17, 15) is 19.2 Å². The Balaban J connectivity index is 1.76. The second-order valence-corrected chi connectivity index (χ2v) is 11.1. The zero-order valence-corrected chi connectivity index (χ0v) is 22.5. The lowest BCUT2D eigenvalue weighted by molar-refractivity contribution is -0.174. The summed E-state index contributed by atoms with van der Waals surface area (Å²) in [6.45, 7) is 15.8. The highest BCUT2D eigenvalue weighted by Gasteiger charge is 2.54. The summed E-state index contributed by atoms with van der Waals surface area (Å²) in [5, 5.41) is 0. The number of hydrogen-bond acceptors (Lipinski definition) is 8. The van der Waals surface area contributed by atoms with Gasteiger partial charge in [0.1, 0.15) is 0 Å². The zero-order chi connectivity index (χ0) is 26.3. The Bertz CT molecular complexity index is 711. The van der Waals surface area contributed by atoms with Gasteiger partial charge in [-0.3, -0.25) is 38.8 Å². The van der Waals surface area contributed by atoms with Crippen LogP contribution in [0, 0.1) is 0 Å². The fourth-order valence-electron chi connectivity index (χ4n) is 4.52. The van der Waals surface area contributed by atoms with Crippen molar-refractivity contribution >= 4 is 23.6 Å². The van der Waals surface area contributed by atoms with Gasteiger partial charge in [-0.1, -0.05) is 0 Å². The van der Waals surface area contributed by atoms with Gasteiger partial charge in [0.2, 0.25) is 23.6 Å². The van der Waals surface area contributed by atoms with Crippen molar-refractivity contribution in [1.82, 2.24) is 19.6 Å². The van der Waals surface area contributed by atoms with Gasteiger partial charge in [0.25, 0.3) is 0 Å². The van der Waals surface area contributed by atoms with E-state index in [2.05, 4.69) is 0 Å². The van der Waals surface area contributed by atoms with Gasteiger partial charge in [0, 0.05) is 0 Å². The average molecular weight is 483 g/mol. The first kappa shape index (κ1) is 28.4. The predicted molar refractivity (Wildman–Crippen MR) is 127 cm³/mol. The molecule has 0 radical (unpaired) electrons. The molecule has 4 amide bonds. The zero-order valence-electron chi connectivity index (χ0n) is 22.5. The molecule has 0 aliphatic carbocycles. The van der Waals surface area contributed by atoms with E-state index in [1.807, 2.05) is 55.4 Å². The molecule has 0 aromatic carbocycles. The van der Waals surface area contributed by atoms with Crippen molar-refractivity contribution in [2.75, 3.05) is 53.6 Å². The number of carbonyl (C=O) groups excluding carboxylic acids is 4. The number of hydrogen-bond donors (Lipinski definition) is 0. The highest BCUT2D eigenvalue weighted by atomic mass is 16.5. The van der Waals surface area contributed by atoms with Gasteiger partial charge >= 0.3 is 0 Å². The molecule has 2 saturated heterocycles. The van der Waals surface area contributed by atoms with Gasteiger partial charge in [0.15, 0.2) is 0 Å². The van der Waals surface area contributed by atoms with Crippen LogP contribution in [0.15, 0.2) is 0 Å². The second-order valence-electron chi connectivity index (χ2n) is 11.1. The molecule has 2 heterocycles. The normalized spacial score (nSPS) is 24.8. The number of imide groups is 2. The molecule has 0 unspecified atom stereocenters. The van der Waals surface area contributed by atoms with Crippen LogP contribution in [0.2, 0.25) is 0 Å². The molecule has 2 rings (SSSR count). The molecule has 2 fully saturated rings. The number of likely N-dealkylation sites (N-methyl/N-ethyl adjacent to an activating group) is 2. The molecule has 0 atom stereocenters. The Hall–Kier alpha value is -1.88. The maximum Gasteiger partial charge on any atom is 0.249 e. The number of nitrogens with zero attached hydrogens (tertiary/aromatic N) is 4. The molecule has 10 heteroatoms. The minimum Gasteiger partial charge on any atom is -0.377 e. The smallest absolute Gasteiger partial charge is 0.249 e. The second kappa shape index (κ2) is 9.64. The monoisotopic (exact) mass is 482 g/mol. The third kappa shape index (κ3) is 4.78. The van der Waals surface area contributed by atoms with Crippen LogP contribution in [0.5, 0.6) is 0 Å². The Morgan fingerprint density at radius 3 is 0.971 bits per heavy atom. The first-order chi connectivity index (χ1) is 15.4. The van der Waals surface area contributed by atoms with E-state index < -0.39 is 22.2 Å². The van der Waals surface area contributed by atoms with Crippen molar-refractivity contribution in [1.29, 1.82) is 0 Å². The average Bonchev–Trinajstić information content (AvgIpc) is 2.76. The van der Waals surface area contributed by atoms with Gasteiger partial charge < -0.3 is 9.47 Å². The molecule has 10 nitrogen and oxygen atoms in total. The predicted octanol–water partition coefficient (Wildman–Crippen LogP) is 0.735. The van der Waals surface area contributed by atoms with Crippen molar-refractivity contribution in [3.05, 3.63) is 0 Å². The fraction of sp³-hybridized carbons (Fsp3) is 0.833. The summed E-state index contributed by atoms with van der Waals surface area (Å²) in [5.41, 5.74) is -3.16. The molecule has 2 aliphatic rings. The quantitative estimate of drug-likeness (QED) is 0.350. The SMILES string of the molecule is CN1C(C)(C)C(=O)N(CCOCCOCCN2C(=O)C(C)(C)N(C)C(C)(C)C2=O)C(=O)C1(C)C. The first-order valence-corrected chi connectivity index (χ1v) is 11.8. The number of amides is 4. The molecule has 0 spiro atoms. The van der Waals surface area contributed by atoms with Crippen molar-refractivity contribution in [2.24, 2.45) is 0 Å². The summed E-state index contributed by atoms with van der Waals surface area (Å²) in [4.78, 5) is 57.3. The van der Waals surface area contributed by atoms with E-state index in [1.165, 1.54) is 9.80 Å². The topological polar surface area (TPSA) is 99.7 Å². The van der Waals surface area contributed by atoms with Crippen molar-refractivity contribution in [3.8, 4) is 0 Å². The van der Waals surface area contributed by atoms with Crippen LogP contribution < -0.4 is 0 Å². The van der Waals surface area contributed by atoms with Gasteiger partial charge in [-0.2, -0.15) is 0 Å². The molecule has 0 aromatic heterocycles. The number of carbonyl (C=O) groups is 4. The van der Waals surface area contributed by atoms with Crippen LogP contribution in [-0.2, 0) is 28.7 Å². The highest BCUT2D eigenvalue weighted by Crippen LogP contribution is 2.33. The van der Waals surface area contributed by atoms with Crippen LogP contribution >= 0.6 is 0 Å². The highest BCUT2D eigenvalue weighted by molar-refractivity contribution is 6.06. The summed E-state index contributed by atoms with van der Waals surface area (Å²) in [7, 11) is 3.57. The molecular formula is C24H42N4O6. The molecule has 34 heavy (non-hydrogen) atoms. The van der Waals surface area contributed by atoms with Gasteiger partial charge in [-0.05, 0) is 69.5 Å². The van der Waals surface area contributed by atoms with Crippen molar-refractivity contribution < 1.29 is 28.7 Å². The lowest BCUT2D eigenvalue weighted by Gasteiger charge is -2.51. The molecule has 0 bridgehead atoms. The van der Waals surface area contributed by atoms with E-state index in [4.69, 9.17) is 9.47 Å². The number of piperazine rings is 2. The molecule has 0 aromatic rings. The number of rotatable bonds is 9.